The normalized spacial score (nSPS) is 14.9. The molecule has 3 rings (SSSR count). The summed E-state index contributed by atoms with van der Waals surface area (Å²) < 4.78 is 38.5. The lowest BCUT2D eigenvalue weighted by atomic mass is 10.00. The van der Waals surface area contributed by atoms with Gasteiger partial charge in [-0.3, -0.25) is 4.90 Å². The lowest BCUT2D eigenvalue weighted by Gasteiger charge is -2.36. The van der Waals surface area contributed by atoms with Crippen molar-refractivity contribution in [3.8, 4) is 11.5 Å². The van der Waals surface area contributed by atoms with Crippen molar-refractivity contribution in [2.24, 2.45) is 0 Å². The lowest BCUT2D eigenvalue weighted by Crippen LogP contribution is -2.47. The Morgan fingerprint density at radius 2 is 1.69 bits per heavy atom. The second-order valence-electron chi connectivity index (χ2n) is 7.89. The number of hydrogen-bond acceptors (Lipinski definition) is 7. The summed E-state index contributed by atoms with van der Waals surface area (Å²) in [7, 11) is -0.170. The Labute approximate surface area is 205 Å². The molecule has 0 spiro atoms. The SMILES string of the molecule is CCCN(CCN(C)S(=O)(=O)c1ccccc1)C1COc2cccc(OC)c2C1.O=C(O)C(=O)O. The molecule has 0 bridgehead atoms. The van der Waals surface area contributed by atoms with Crippen molar-refractivity contribution >= 4 is 22.0 Å². The standard InChI is InChI=1S/C22H30N2O4S.C2H2O4/c1-4-13-24(15-14-23(2)29(25,26)19-9-6-5-7-10-19)18-16-20-21(27-3)11-8-12-22(20)28-17-18;3-1(4)2(5)6/h5-12,18H,4,13-17H2,1-3H3;(H,3,4)(H,5,6). The monoisotopic (exact) mass is 508 g/mol. The van der Waals surface area contributed by atoms with E-state index in [1.165, 1.54) is 4.31 Å². The van der Waals surface area contributed by atoms with Gasteiger partial charge in [0.1, 0.15) is 18.1 Å². The molecule has 0 saturated carbocycles. The van der Waals surface area contributed by atoms with E-state index >= 15 is 0 Å². The van der Waals surface area contributed by atoms with Crippen LogP contribution in [0.3, 0.4) is 0 Å². The van der Waals surface area contributed by atoms with Gasteiger partial charge in [-0.25, -0.2) is 18.0 Å². The number of nitrogens with zero attached hydrogens (tertiary/aromatic N) is 2. The maximum atomic E-state index is 12.8. The molecular weight excluding hydrogens is 476 g/mol. The van der Waals surface area contributed by atoms with Gasteiger partial charge in [0.25, 0.3) is 0 Å². The molecule has 1 aliphatic rings. The average Bonchev–Trinajstić information content (AvgIpc) is 2.86. The smallest absolute Gasteiger partial charge is 0.414 e. The number of likely N-dealkylation sites (N-methyl/N-ethyl adjacent to an activating group) is 1. The number of fused-ring (bicyclic) bond motifs is 1. The molecule has 1 aliphatic heterocycles. The van der Waals surface area contributed by atoms with Gasteiger partial charge in [-0.15, -0.1) is 0 Å². The number of rotatable bonds is 9. The highest BCUT2D eigenvalue weighted by Crippen LogP contribution is 2.33. The summed E-state index contributed by atoms with van der Waals surface area (Å²) >= 11 is 0. The van der Waals surface area contributed by atoms with Crippen LogP contribution < -0.4 is 9.47 Å². The largest absolute Gasteiger partial charge is 0.496 e. The molecule has 2 N–H and O–H groups in total. The fourth-order valence-electron chi connectivity index (χ4n) is 3.71. The van der Waals surface area contributed by atoms with Crippen molar-refractivity contribution < 1.29 is 37.7 Å². The summed E-state index contributed by atoms with van der Waals surface area (Å²) in [6.07, 6.45) is 1.82. The van der Waals surface area contributed by atoms with E-state index in [0.29, 0.717) is 24.6 Å². The van der Waals surface area contributed by atoms with E-state index in [0.717, 1.165) is 36.4 Å². The summed E-state index contributed by atoms with van der Waals surface area (Å²) in [6.45, 7) is 4.68. The van der Waals surface area contributed by atoms with Crippen LogP contribution >= 0.6 is 0 Å². The zero-order valence-electron chi connectivity index (χ0n) is 20.1. The molecule has 1 heterocycles. The molecule has 0 amide bonds. The van der Waals surface area contributed by atoms with Gasteiger partial charge in [0.05, 0.1) is 12.0 Å². The second-order valence-corrected chi connectivity index (χ2v) is 9.94. The molecule has 1 atom stereocenters. The minimum atomic E-state index is -3.48. The van der Waals surface area contributed by atoms with E-state index in [2.05, 4.69) is 11.8 Å². The van der Waals surface area contributed by atoms with Crippen LogP contribution in [-0.2, 0) is 26.0 Å². The van der Waals surface area contributed by atoms with Crippen LogP contribution in [0, 0.1) is 0 Å². The van der Waals surface area contributed by atoms with Crippen LogP contribution in [0.1, 0.15) is 18.9 Å². The number of carbonyl (C=O) groups is 2. The van der Waals surface area contributed by atoms with Crippen molar-refractivity contribution in [2.75, 3.05) is 40.4 Å². The molecule has 10 nitrogen and oxygen atoms in total. The molecule has 35 heavy (non-hydrogen) atoms. The molecule has 0 radical (unpaired) electrons. The molecule has 192 valence electrons. The average molecular weight is 509 g/mol. The molecule has 0 saturated heterocycles. The number of methoxy groups -OCH3 is 1. The summed E-state index contributed by atoms with van der Waals surface area (Å²) in [5, 5.41) is 14.8. The molecule has 0 aromatic heterocycles. The summed E-state index contributed by atoms with van der Waals surface area (Å²) in [6, 6.07) is 14.6. The van der Waals surface area contributed by atoms with Gasteiger partial charge in [-0.1, -0.05) is 31.2 Å². The van der Waals surface area contributed by atoms with Gasteiger partial charge in [0.2, 0.25) is 10.0 Å². The molecule has 2 aromatic carbocycles. The van der Waals surface area contributed by atoms with Crippen LogP contribution in [0.5, 0.6) is 11.5 Å². The number of ether oxygens (including phenoxy) is 2. The fourth-order valence-corrected chi connectivity index (χ4v) is 4.90. The van der Waals surface area contributed by atoms with Crippen molar-refractivity contribution in [1.82, 2.24) is 9.21 Å². The zero-order chi connectivity index (χ0) is 26.0. The third kappa shape index (κ3) is 7.67. The molecule has 11 heteroatoms. The third-order valence-electron chi connectivity index (χ3n) is 5.54. The van der Waals surface area contributed by atoms with Crippen LogP contribution in [0.15, 0.2) is 53.4 Å². The van der Waals surface area contributed by atoms with E-state index in [1.54, 1.807) is 38.4 Å². The summed E-state index contributed by atoms with van der Waals surface area (Å²) in [5.74, 6) is -1.93. The Morgan fingerprint density at radius 1 is 1.03 bits per heavy atom. The topological polar surface area (TPSA) is 134 Å². The van der Waals surface area contributed by atoms with Crippen LogP contribution in [0.4, 0.5) is 0 Å². The zero-order valence-corrected chi connectivity index (χ0v) is 20.9. The number of sulfonamides is 1. The van der Waals surface area contributed by atoms with Gasteiger partial charge in [0, 0.05) is 31.7 Å². The number of aliphatic carboxylic acids is 2. The Kier molecular flexibility index (Phi) is 10.5. The van der Waals surface area contributed by atoms with Crippen LogP contribution in [-0.4, -0.2) is 86.2 Å². The van der Waals surface area contributed by atoms with E-state index in [9.17, 15) is 8.42 Å². The lowest BCUT2D eigenvalue weighted by molar-refractivity contribution is -0.159. The first-order chi connectivity index (χ1) is 16.6. The first-order valence-electron chi connectivity index (χ1n) is 11.1. The first-order valence-corrected chi connectivity index (χ1v) is 12.6. The number of carboxylic acid groups (broad SMARTS) is 2. The maximum absolute atomic E-state index is 12.8. The molecule has 0 fully saturated rings. The predicted octanol–water partition coefficient (Wildman–Crippen LogP) is 2.19. The predicted molar refractivity (Wildman–Crippen MR) is 129 cm³/mol. The highest BCUT2D eigenvalue weighted by Gasteiger charge is 2.28. The highest BCUT2D eigenvalue weighted by molar-refractivity contribution is 7.89. The van der Waals surface area contributed by atoms with Crippen LogP contribution in [0.25, 0.3) is 0 Å². The number of hydrogen-bond donors (Lipinski definition) is 2. The van der Waals surface area contributed by atoms with Crippen molar-refractivity contribution in [3.63, 3.8) is 0 Å². The molecule has 2 aromatic rings. The minimum Gasteiger partial charge on any atom is -0.496 e. The summed E-state index contributed by atoms with van der Waals surface area (Å²) in [4.78, 5) is 20.8. The quantitative estimate of drug-likeness (QED) is 0.489. The molecule has 0 aliphatic carbocycles. The van der Waals surface area contributed by atoms with E-state index in [4.69, 9.17) is 29.3 Å². The maximum Gasteiger partial charge on any atom is 0.414 e. The Balaban J connectivity index is 0.000000641. The van der Waals surface area contributed by atoms with Crippen LogP contribution in [0.2, 0.25) is 0 Å². The Morgan fingerprint density at radius 3 is 2.26 bits per heavy atom. The van der Waals surface area contributed by atoms with E-state index < -0.39 is 22.0 Å². The Bertz CT molecular complexity index is 1070. The minimum absolute atomic E-state index is 0.187. The fraction of sp³-hybridized carbons (Fsp3) is 0.417. The number of benzene rings is 2. The van der Waals surface area contributed by atoms with Crippen molar-refractivity contribution in [3.05, 3.63) is 54.1 Å². The van der Waals surface area contributed by atoms with Gasteiger partial charge >= 0.3 is 11.9 Å². The van der Waals surface area contributed by atoms with Crippen molar-refractivity contribution in [2.45, 2.75) is 30.7 Å². The molecular formula is C24H32N2O8S. The van der Waals surface area contributed by atoms with E-state index in [1.807, 2.05) is 24.3 Å². The van der Waals surface area contributed by atoms with Gasteiger partial charge < -0.3 is 19.7 Å². The third-order valence-corrected chi connectivity index (χ3v) is 7.42. The molecule has 1 unspecified atom stereocenters. The second kappa shape index (κ2) is 13.1. The van der Waals surface area contributed by atoms with Crippen molar-refractivity contribution in [1.29, 1.82) is 0 Å². The van der Waals surface area contributed by atoms with Gasteiger partial charge in [-0.2, -0.15) is 4.31 Å². The highest BCUT2D eigenvalue weighted by atomic mass is 32.2. The van der Waals surface area contributed by atoms with Gasteiger partial charge in [-0.05, 0) is 43.7 Å². The number of carboxylic acids is 2. The first kappa shape index (κ1) is 28.1. The Hall–Kier alpha value is -3.15. The van der Waals surface area contributed by atoms with E-state index in [-0.39, 0.29) is 6.04 Å². The summed E-state index contributed by atoms with van der Waals surface area (Å²) in [5.41, 5.74) is 1.08. The van der Waals surface area contributed by atoms with Gasteiger partial charge in [0.15, 0.2) is 0 Å².